The predicted octanol–water partition coefficient (Wildman–Crippen LogP) is 6.43. The molecule has 168 valence electrons. The van der Waals surface area contributed by atoms with Crippen molar-refractivity contribution in [3.8, 4) is 5.69 Å². The zero-order valence-corrected chi connectivity index (χ0v) is 20.7. The number of allylic oxidation sites excluding steroid dienone is 2. The van der Waals surface area contributed by atoms with E-state index in [1.807, 2.05) is 11.8 Å². The van der Waals surface area contributed by atoms with Gasteiger partial charge in [0.2, 0.25) is 0 Å². The second-order valence-electron chi connectivity index (χ2n) is 8.01. The SMILES string of the molecule is CCN1/C(=C/C=C\c2n(-c3ccccc3)c3ccc4nnsc4c3[n+]2CC)Sc2ccccc21. The fourth-order valence-electron chi connectivity index (χ4n) is 4.68. The maximum Gasteiger partial charge on any atom is 0.287 e. The topological polar surface area (TPSA) is 37.8 Å². The number of hydrogen-bond acceptors (Lipinski definition) is 5. The summed E-state index contributed by atoms with van der Waals surface area (Å²) in [6, 6.07) is 23.4. The predicted molar refractivity (Wildman–Crippen MR) is 143 cm³/mol. The molecule has 0 aliphatic carbocycles. The Balaban J connectivity index is 1.52. The van der Waals surface area contributed by atoms with E-state index in [1.54, 1.807) is 0 Å². The molecule has 2 aromatic heterocycles. The first-order valence-corrected chi connectivity index (χ1v) is 13.1. The van der Waals surface area contributed by atoms with Crippen LogP contribution in [0.1, 0.15) is 19.7 Å². The molecular weight excluding hydrogens is 458 g/mol. The van der Waals surface area contributed by atoms with Crippen molar-refractivity contribution in [1.29, 1.82) is 0 Å². The molecule has 34 heavy (non-hydrogen) atoms. The maximum atomic E-state index is 4.32. The van der Waals surface area contributed by atoms with E-state index >= 15 is 0 Å². The summed E-state index contributed by atoms with van der Waals surface area (Å²) in [6.45, 7) is 6.19. The van der Waals surface area contributed by atoms with Crippen molar-refractivity contribution in [2.75, 3.05) is 11.4 Å². The van der Waals surface area contributed by atoms with E-state index in [2.05, 4.69) is 122 Å². The monoisotopic (exact) mass is 482 g/mol. The fraction of sp³-hybridized carbons (Fsp3) is 0.148. The van der Waals surface area contributed by atoms with Gasteiger partial charge in [0.05, 0.1) is 17.3 Å². The van der Waals surface area contributed by atoms with Crippen molar-refractivity contribution in [3.05, 3.63) is 89.7 Å². The van der Waals surface area contributed by atoms with Gasteiger partial charge in [-0.05, 0) is 67.9 Å². The molecule has 3 heterocycles. The Labute approximate surface area is 206 Å². The van der Waals surface area contributed by atoms with Crippen LogP contribution in [0, 0.1) is 0 Å². The number of fused-ring (bicyclic) bond motifs is 4. The van der Waals surface area contributed by atoms with Crippen LogP contribution in [0.3, 0.4) is 0 Å². The molecule has 7 heteroatoms. The van der Waals surface area contributed by atoms with Crippen LogP contribution in [0.4, 0.5) is 5.69 Å². The third kappa shape index (κ3) is 3.35. The lowest BCUT2D eigenvalue weighted by Gasteiger charge is -2.17. The summed E-state index contributed by atoms with van der Waals surface area (Å²) < 4.78 is 10.1. The average Bonchev–Trinajstić information content (AvgIpc) is 3.57. The van der Waals surface area contributed by atoms with Gasteiger partial charge >= 0.3 is 0 Å². The minimum Gasteiger partial charge on any atom is -0.335 e. The van der Waals surface area contributed by atoms with Crippen molar-refractivity contribution in [1.82, 2.24) is 14.2 Å². The van der Waals surface area contributed by atoms with Crippen LogP contribution in [-0.2, 0) is 6.54 Å². The van der Waals surface area contributed by atoms with Gasteiger partial charge in [0, 0.05) is 17.5 Å². The molecule has 0 bridgehead atoms. The Bertz CT molecular complexity index is 1560. The van der Waals surface area contributed by atoms with Gasteiger partial charge in [-0.2, -0.15) is 4.57 Å². The Hall–Kier alpha value is -3.42. The Morgan fingerprint density at radius 2 is 1.79 bits per heavy atom. The van der Waals surface area contributed by atoms with Crippen LogP contribution in [0.25, 0.3) is 33.0 Å². The van der Waals surface area contributed by atoms with E-state index in [0.717, 1.165) is 40.3 Å². The van der Waals surface area contributed by atoms with Crippen LogP contribution in [-0.4, -0.2) is 20.7 Å². The molecule has 5 aromatic rings. The Kier molecular flexibility index (Phi) is 5.43. The van der Waals surface area contributed by atoms with Gasteiger partial charge in [0.1, 0.15) is 15.9 Å². The first kappa shape index (κ1) is 21.1. The Morgan fingerprint density at radius 3 is 2.62 bits per heavy atom. The molecule has 0 unspecified atom stereocenters. The third-order valence-corrected chi connectivity index (χ3v) is 8.03. The molecule has 1 aliphatic heterocycles. The zero-order valence-electron chi connectivity index (χ0n) is 19.0. The number of imidazole rings is 1. The van der Waals surface area contributed by atoms with Crippen molar-refractivity contribution >= 4 is 56.3 Å². The average molecular weight is 483 g/mol. The highest BCUT2D eigenvalue weighted by Gasteiger charge is 2.27. The molecule has 0 saturated carbocycles. The molecule has 6 rings (SSSR count). The number of hydrogen-bond donors (Lipinski definition) is 0. The number of para-hydroxylation sites is 2. The van der Waals surface area contributed by atoms with Crippen molar-refractivity contribution in [2.24, 2.45) is 0 Å². The van der Waals surface area contributed by atoms with Crippen molar-refractivity contribution in [2.45, 2.75) is 25.3 Å². The van der Waals surface area contributed by atoms with Crippen LogP contribution >= 0.6 is 23.3 Å². The third-order valence-electron chi connectivity index (χ3n) is 6.15. The van der Waals surface area contributed by atoms with Gasteiger partial charge in [0.25, 0.3) is 5.82 Å². The number of benzene rings is 3. The van der Waals surface area contributed by atoms with E-state index in [1.165, 1.54) is 32.7 Å². The van der Waals surface area contributed by atoms with Gasteiger partial charge in [-0.15, -0.1) is 5.10 Å². The molecule has 0 atom stereocenters. The summed E-state index contributed by atoms with van der Waals surface area (Å²) in [5.74, 6) is 1.13. The van der Waals surface area contributed by atoms with E-state index in [-0.39, 0.29) is 0 Å². The molecule has 0 radical (unpaired) electrons. The quantitative estimate of drug-likeness (QED) is 0.271. The van der Waals surface area contributed by atoms with E-state index in [9.17, 15) is 0 Å². The van der Waals surface area contributed by atoms with Gasteiger partial charge in [-0.25, -0.2) is 4.57 Å². The second-order valence-corrected chi connectivity index (χ2v) is 9.82. The molecule has 0 saturated heterocycles. The minimum atomic E-state index is 0.852. The molecule has 0 amide bonds. The summed E-state index contributed by atoms with van der Waals surface area (Å²) in [5.41, 5.74) is 5.72. The summed E-state index contributed by atoms with van der Waals surface area (Å²) >= 11 is 3.29. The number of nitrogens with zero attached hydrogens (tertiary/aromatic N) is 5. The molecule has 0 spiro atoms. The smallest absolute Gasteiger partial charge is 0.287 e. The number of thioether (sulfide) groups is 1. The number of aryl methyl sites for hydroxylation is 1. The second kappa shape index (κ2) is 8.74. The van der Waals surface area contributed by atoms with E-state index in [4.69, 9.17) is 0 Å². The number of aromatic nitrogens is 4. The first-order chi connectivity index (χ1) is 16.8. The summed E-state index contributed by atoms with van der Waals surface area (Å²) in [6.07, 6.45) is 6.63. The maximum absolute atomic E-state index is 4.32. The standard InChI is InChI=1S/C27H24N5S2/c1-3-30-21-13-8-9-14-23(21)33-25(30)16-10-15-24-31(4-2)26-22(18-17-20-27(26)34-29-28-20)32(24)19-11-6-5-7-12-19/h5-18H,3-4H2,1-2H3/q+1. The summed E-state index contributed by atoms with van der Waals surface area (Å²) in [4.78, 5) is 3.68. The lowest BCUT2D eigenvalue weighted by molar-refractivity contribution is -0.669. The van der Waals surface area contributed by atoms with Crippen LogP contribution in [0.15, 0.2) is 88.8 Å². The number of anilines is 1. The highest BCUT2D eigenvalue weighted by molar-refractivity contribution is 8.03. The van der Waals surface area contributed by atoms with Gasteiger partial charge in [0.15, 0.2) is 11.0 Å². The van der Waals surface area contributed by atoms with E-state index < -0.39 is 0 Å². The lowest BCUT2D eigenvalue weighted by Crippen LogP contribution is -2.35. The molecule has 0 fully saturated rings. The highest BCUT2D eigenvalue weighted by Crippen LogP contribution is 2.45. The highest BCUT2D eigenvalue weighted by atomic mass is 32.2. The Morgan fingerprint density at radius 1 is 0.971 bits per heavy atom. The molecule has 0 N–H and O–H groups in total. The molecular formula is C27H24N5S2+. The minimum absolute atomic E-state index is 0.852. The van der Waals surface area contributed by atoms with Crippen LogP contribution < -0.4 is 9.47 Å². The zero-order chi connectivity index (χ0) is 23.1. The summed E-state index contributed by atoms with van der Waals surface area (Å²) in [7, 11) is 0. The number of rotatable bonds is 5. The van der Waals surface area contributed by atoms with Crippen LogP contribution in [0.5, 0.6) is 0 Å². The molecule has 5 nitrogen and oxygen atoms in total. The van der Waals surface area contributed by atoms with Gasteiger partial charge < -0.3 is 4.90 Å². The van der Waals surface area contributed by atoms with E-state index in [0.29, 0.717) is 0 Å². The molecule has 3 aromatic carbocycles. The van der Waals surface area contributed by atoms with Crippen molar-refractivity contribution < 1.29 is 4.57 Å². The fourth-order valence-corrected chi connectivity index (χ4v) is 6.53. The summed E-state index contributed by atoms with van der Waals surface area (Å²) in [5, 5.41) is 5.57. The normalized spacial score (nSPS) is 14.8. The van der Waals surface area contributed by atoms with Crippen molar-refractivity contribution in [3.63, 3.8) is 0 Å². The van der Waals surface area contributed by atoms with Crippen LogP contribution in [0.2, 0.25) is 0 Å². The first-order valence-electron chi connectivity index (χ1n) is 11.5. The molecule has 1 aliphatic rings. The largest absolute Gasteiger partial charge is 0.335 e. The van der Waals surface area contributed by atoms with Gasteiger partial charge in [-0.1, -0.05) is 52.7 Å². The van der Waals surface area contributed by atoms with Gasteiger partial charge in [-0.3, -0.25) is 0 Å². The lowest BCUT2D eigenvalue weighted by atomic mass is 10.2.